The molecule has 1 aromatic heterocycles. The summed E-state index contributed by atoms with van der Waals surface area (Å²) in [7, 11) is 3.70. The number of imidazole rings is 1. The Morgan fingerprint density at radius 1 is 1.28 bits per heavy atom. The molecule has 168 valence electrons. The Kier molecular flexibility index (Phi) is 6.53. The lowest BCUT2D eigenvalue weighted by Crippen LogP contribution is -2.51. The van der Waals surface area contributed by atoms with Crippen molar-refractivity contribution in [2.45, 2.75) is 37.3 Å². The topological polar surface area (TPSA) is 79.6 Å². The SMILES string of the molecule is CN(Cc1ccccc1)[C@@H]1[C@@H](O)[C@H](Oc2cccc(F)c2)C[C@H]1NC(=O)c1cn(C)cn1. The molecule has 8 heteroatoms. The number of hydrogen-bond donors (Lipinski definition) is 2. The Hall–Kier alpha value is -3.23. The van der Waals surface area contributed by atoms with Gasteiger partial charge < -0.3 is 19.7 Å². The second-order valence-electron chi connectivity index (χ2n) is 8.24. The van der Waals surface area contributed by atoms with Gasteiger partial charge in [0.15, 0.2) is 0 Å². The predicted octanol–water partition coefficient (Wildman–Crippen LogP) is 2.37. The molecule has 2 aromatic carbocycles. The van der Waals surface area contributed by atoms with Gasteiger partial charge in [-0.1, -0.05) is 36.4 Å². The molecule has 0 saturated heterocycles. The zero-order valence-electron chi connectivity index (χ0n) is 18.1. The van der Waals surface area contributed by atoms with Crippen LogP contribution in [0.1, 0.15) is 22.5 Å². The number of halogens is 1. The number of rotatable bonds is 7. The molecule has 1 aliphatic rings. The summed E-state index contributed by atoms with van der Waals surface area (Å²) in [6.45, 7) is 0.589. The van der Waals surface area contributed by atoms with E-state index in [9.17, 15) is 14.3 Å². The molecule has 1 fully saturated rings. The van der Waals surface area contributed by atoms with Gasteiger partial charge in [0, 0.05) is 32.3 Å². The number of ether oxygens (including phenoxy) is 1. The summed E-state index contributed by atoms with van der Waals surface area (Å²) in [5, 5.41) is 14.2. The van der Waals surface area contributed by atoms with Crippen molar-refractivity contribution >= 4 is 5.91 Å². The Morgan fingerprint density at radius 3 is 2.75 bits per heavy atom. The highest BCUT2D eigenvalue weighted by Gasteiger charge is 2.46. The lowest BCUT2D eigenvalue weighted by molar-refractivity contribution is 0.0124. The van der Waals surface area contributed by atoms with E-state index in [1.165, 1.54) is 12.1 Å². The number of aromatic nitrogens is 2. The summed E-state index contributed by atoms with van der Waals surface area (Å²) < 4.78 is 21.2. The van der Waals surface area contributed by atoms with Gasteiger partial charge >= 0.3 is 0 Å². The first-order valence-corrected chi connectivity index (χ1v) is 10.5. The molecule has 4 atom stereocenters. The van der Waals surface area contributed by atoms with Crippen LogP contribution in [0.5, 0.6) is 5.75 Å². The molecule has 1 amide bonds. The quantitative estimate of drug-likeness (QED) is 0.592. The van der Waals surface area contributed by atoms with Gasteiger partial charge in [0.05, 0.1) is 18.4 Å². The third-order valence-electron chi connectivity index (χ3n) is 5.75. The van der Waals surface area contributed by atoms with Crippen LogP contribution in [0, 0.1) is 5.82 Å². The zero-order valence-corrected chi connectivity index (χ0v) is 18.1. The van der Waals surface area contributed by atoms with E-state index in [2.05, 4.69) is 10.3 Å². The Bertz CT molecular complexity index is 1060. The van der Waals surface area contributed by atoms with Crippen LogP contribution in [-0.2, 0) is 13.6 Å². The van der Waals surface area contributed by atoms with Gasteiger partial charge in [0.25, 0.3) is 5.91 Å². The summed E-state index contributed by atoms with van der Waals surface area (Å²) >= 11 is 0. The molecule has 0 aliphatic heterocycles. The van der Waals surface area contributed by atoms with Crippen molar-refractivity contribution in [2.75, 3.05) is 7.05 Å². The summed E-state index contributed by atoms with van der Waals surface area (Å²) in [5.74, 6) is -0.379. The van der Waals surface area contributed by atoms with Crippen LogP contribution in [0.25, 0.3) is 0 Å². The maximum atomic E-state index is 13.6. The summed E-state index contributed by atoms with van der Waals surface area (Å²) in [6, 6.07) is 15.0. The molecular weight excluding hydrogens is 411 g/mol. The van der Waals surface area contributed by atoms with Crippen molar-refractivity contribution in [1.82, 2.24) is 19.8 Å². The number of carbonyl (C=O) groups is 1. The average Bonchev–Trinajstić information content (AvgIpc) is 3.32. The zero-order chi connectivity index (χ0) is 22.7. The molecule has 4 rings (SSSR count). The number of aliphatic hydroxyl groups is 1. The summed E-state index contributed by atoms with van der Waals surface area (Å²) in [4.78, 5) is 18.9. The fourth-order valence-electron chi connectivity index (χ4n) is 4.28. The van der Waals surface area contributed by atoms with Gasteiger partial charge in [-0.05, 0) is 24.7 Å². The van der Waals surface area contributed by atoms with Crippen LogP contribution < -0.4 is 10.1 Å². The molecule has 0 bridgehead atoms. The van der Waals surface area contributed by atoms with E-state index in [0.29, 0.717) is 24.4 Å². The molecule has 0 radical (unpaired) electrons. The second kappa shape index (κ2) is 9.50. The smallest absolute Gasteiger partial charge is 0.271 e. The molecule has 32 heavy (non-hydrogen) atoms. The minimum atomic E-state index is -0.888. The summed E-state index contributed by atoms with van der Waals surface area (Å²) in [5.41, 5.74) is 1.40. The molecule has 0 spiro atoms. The van der Waals surface area contributed by atoms with Gasteiger partial charge in [-0.15, -0.1) is 0 Å². The van der Waals surface area contributed by atoms with Gasteiger partial charge in [0.1, 0.15) is 29.5 Å². The van der Waals surface area contributed by atoms with Gasteiger partial charge in [-0.25, -0.2) is 9.37 Å². The first kappa shape index (κ1) is 22.0. The molecule has 1 aliphatic carbocycles. The average molecular weight is 439 g/mol. The van der Waals surface area contributed by atoms with E-state index in [1.807, 2.05) is 42.3 Å². The fraction of sp³-hybridized carbons (Fsp3) is 0.333. The summed E-state index contributed by atoms with van der Waals surface area (Å²) in [6.07, 6.45) is 2.09. The molecule has 7 nitrogen and oxygen atoms in total. The molecule has 2 N–H and O–H groups in total. The van der Waals surface area contributed by atoms with E-state index >= 15 is 0 Å². The number of nitrogens with zero attached hydrogens (tertiary/aromatic N) is 3. The van der Waals surface area contributed by atoms with Crippen LogP contribution >= 0.6 is 0 Å². The number of amides is 1. The molecule has 1 saturated carbocycles. The van der Waals surface area contributed by atoms with Crippen molar-refractivity contribution in [3.05, 3.63) is 84.2 Å². The van der Waals surface area contributed by atoms with Crippen molar-refractivity contribution < 1.29 is 19.0 Å². The molecule has 3 aromatic rings. The lowest BCUT2D eigenvalue weighted by Gasteiger charge is -2.32. The third kappa shape index (κ3) is 4.98. The third-order valence-corrected chi connectivity index (χ3v) is 5.75. The maximum absolute atomic E-state index is 13.6. The normalized spacial score (nSPS) is 22.8. The number of aliphatic hydroxyl groups excluding tert-OH is 1. The Balaban J connectivity index is 1.54. The van der Waals surface area contributed by atoms with Gasteiger partial charge in [-0.3, -0.25) is 9.69 Å². The van der Waals surface area contributed by atoms with Gasteiger partial charge in [0.2, 0.25) is 0 Å². The monoisotopic (exact) mass is 438 g/mol. The lowest BCUT2D eigenvalue weighted by atomic mass is 10.1. The Morgan fingerprint density at radius 2 is 2.06 bits per heavy atom. The van der Waals surface area contributed by atoms with E-state index in [-0.39, 0.29) is 11.9 Å². The van der Waals surface area contributed by atoms with E-state index in [0.717, 1.165) is 5.56 Å². The van der Waals surface area contributed by atoms with E-state index in [4.69, 9.17) is 4.74 Å². The van der Waals surface area contributed by atoms with E-state index < -0.39 is 24.1 Å². The van der Waals surface area contributed by atoms with Crippen LogP contribution in [-0.4, -0.2) is 56.8 Å². The number of aryl methyl sites for hydroxylation is 1. The van der Waals surface area contributed by atoms with Crippen molar-refractivity contribution in [2.24, 2.45) is 7.05 Å². The second-order valence-corrected chi connectivity index (χ2v) is 8.24. The number of nitrogens with one attached hydrogen (secondary N) is 1. The minimum absolute atomic E-state index is 0.306. The van der Waals surface area contributed by atoms with Crippen LogP contribution in [0.4, 0.5) is 4.39 Å². The molecule has 0 unspecified atom stereocenters. The predicted molar refractivity (Wildman–Crippen MR) is 118 cm³/mol. The highest BCUT2D eigenvalue weighted by molar-refractivity contribution is 5.92. The minimum Gasteiger partial charge on any atom is -0.487 e. The van der Waals surface area contributed by atoms with Gasteiger partial charge in [-0.2, -0.15) is 0 Å². The fourth-order valence-corrected chi connectivity index (χ4v) is 4.28. The maximum Gasteiger partial charge on any atom is 0.271 e. The van der Waals surface area contributed by atoms with Crippen LogP contribution in [0.15, 0.2) is 67.1 Å². The van der Waals surface area contributed by atoms with Crippen molar-refractivity contribution in [1.29, 1.82) is 0 Å². The first-order chi connectivity index (χ1) is 15.4. The number of likely N-dealkylation sites (N-methyl/N-ethyl adjacent to an activating group) is 1. The Labute approximate surface area is 186 Å². The highest BCUT2D eigenvalue weighted by Crippen LogP contribution is 2.30. The number of benzene rings is 2. The standard InChI is InChI=1S/C24H27FN4O3/c1-28-14-20(26-15-28)24(31)27-19-12-21(32-18-10-6-9-17(25)11-18)23(30)22(19)29(2)13-16-7-4-3-5-8-16/h3-11,14-15,19,21-23,30H,12-13H2,1-2H3,(H,27,31)/t19-,21-,22+,23+/m1/s1. The van der Waals surface area contributed by atoms with Crippen LogP contribution in [0.2, 0.25) is 0 Å². The first-order valence-electron chi connectivity index (χ1n) is 10.5. The van der Waals surface area contributed by atoms with Crippen molar-refractivity contribution in [3.63, 3.8) is 0 Å². The van der Waals surface area contributed by atoms with Crippen molar-refractivity contribution in [3.8, 4) is 5.75 Å². The molecular formula is C24H27FN4O3. The van der Waals surface area contributed by atoms with E-state index in [1.54, 1.807) is 36.3 Å². The number of carbonyl (C=O) groups excluding carboxylic acids is 1. The molecule has 1 heterocycles. The largest absolute Gasteiger partial charge is 0.487 e. The van der Waals surface area contributed by atoms with Crippen LogP contribution in [0.3, 0.4) is 0 Å². The number of hydrogen-bond acceptors (Lipinski definition) is 5. The highest BCUT2D eigenvalue weighted by atomic mass is 19.1.